The summed E-state index contributed by atoms with van der Waals surface area (Å²) in [5, 5.41) is 19.0. The number of hydrogen-bond acceptors (Lipinski definition) is 5. The molecule has 0 aromatic heterocycles. The minimum atomic E-state index is -0.476. The minimum absolute atomic E-state index is 0.146. The first-order valence-corrected chi connectivity index (χ1v) is 11.1. The number of aromatic hydroxyl groups is 1. The molecule has 1 heterocycles. The van der Waals surface area contributed by atoms with Gasteiger partial charge >= 0.3 is 0 Å². The van der Waals surface area contributed by atoms with E-state index >= 15 is 0 Å². The maximum Gasteiger partial charge on any atom is 0.276 e. The van der Waals surface area contributed by atoms with E-state index in [9.17, 15) is 19.5 Å². The molecule has 3 aromatic carbocycles. The molecule has 0 fully saturated rings. The SMILES string of the molecule is O=C(CCc1cccc(O)c1)Nc1ccc(C(=O)N/N=C2\C(=O)Nc3ccc(I)cc32)cc1. The van der Waals surface area contributed by atoms with Crippen molar-refractivity contribution in [2.75, 3.05) is 10.6 Å². The number of carbonyl (C=O) groups is 3. The van der Waals surface area contributed by atoms with Crippen molar-refractivity contribution in [2.24, 2.45) is 5.10 Å². The summed E-state index contributed by atoms with van der Waals surface area (Å²) in [4.78, 5) is 36.8. The van der Waals surface area contributed by atoms with E-state index < -0.39 is 5.91 Å². The lowest BCUT2D eigenvalue weighted by molar-refractivity contribution is -0.116. The summed E-state index contributed by atoms with van der Waals surface area (Å²) in [6.07, 6.45) is 0.752. The van der Waals surface area contributed by atoms with Crippen molar-refractivity contribution < 1.29 is 19.5 Å². The fraction of sp³-hybridized carbons (Fsp3) is 0.0833. The van der Waals surface area contributed by atoms with Crippen molar-refractivity contribution in [1.82, 2.24) is 5.43 Å². The van der Waals surface area contributed by atoms with Gasteiger partial charge < -0.3 is 15.7 Å². The van der Waals surface area contributed by atoms with E-state index in [1.807, 2.05) is 18.2 Å². The molecule has 3 amide bonds. The summed E-state index contributed by atoms with van der Waals surface area (Å²) in [5.41, 5.74) is 5.60. The first-order valence-electron chi connectivity index (χ1n) is 10.1. The molecule has 0 saturated carbocycles. The van der Waals surface area contributed by atoms with Gasteiger partial charge in [-0.05, 0) is 89.2 Å². The van der Waals surface area contributed by atoms with Crippen LogP contribution in [-0.4, -0.2) is 28.5 Å². The van der Waals surface area contributed by atoms with Gasteiger partial charge in [0.2, 0.25) is 5.91 Å². The van der Waals surface area contributed by atoms with Crippen molar-refractivity contribution in [2.45, 2.75) is 12.8 Å². The van der Waals surface area contributed by atoms with Crippen LogP contribution in [0.4, 0.5) is 11.4 Å². The topological polar surface area (TPSA) is 120 Å². The number of nitrogens with zero attached hydrogens (tertiary/aromatic N) is 1. The van der Waals surface area contributed by atoms with Crippen molar-refractivity contribution in [3.8, 4) is 5.75 Å². The quantitative estimate of drug-likeness (QED) is 0.275. The Balaban J connectivity index is 1.34. The third-order valence-electron chi connectivity index (χ3n) is 4.95. The van der Waals surface area contributed by atoms with E-state index in [-0.39, 0.29) is 29.7 Å². The third kappa shape index (κ3) is 5.55. The number of halogens is 1. The first kappa shape index (κ1) is 22.5. The number of aryl methyl sites for hydroxylation is 1. The zero-order chi connectivity index (χ0) is 23.4. The van der Waals surface area contributed by atoms with Gasteiger partial charge in [-0.1, -0.05) is 12.1 Å². The van der Waals surface area contributed by atoms with Crippen molar-refractivity contribution >= 4 is 57.4 Å². The largest absolute Gasteiger partial charge is 0.508 e. The molecule has 9 heteroatoms. The van der Waals surface area contributed by atoms with Crippen LogP contribution in [-0.2, 0) is 16.0 Å². The number of anilines is 2. The molecule has 0 radical (unpaired) electrons. The van der Waals surface area contributed by atoms with E-state index in [0.717, 1.165) is 9.13 Å². The molecule has 3 aromatic rings. The summed E-state index contributed by atoms with van der Waals surface area (Å²) >= 11 is 2.14. The van der Waals surface area contributed by atoms with E-state index in [0.29, 0.717) is 28.9 Å². The van der Waals surface area contributed by atoms with Crippen LogP contribution in [0.3, 0.4) is 0 Å². The molecule has 4 rings (SSSR count). The standard InChI is InChI=1S/C24H19IN4O4/c25-16-7-10-20-19(13-16)22(24(33)27-20)28-29-23(32)15-5-8-17(9-6-15)26-21(31)11-4-14-2-1-3-18(30)12-14/h1-3,5-10,12-13,30H,4,11H2,(H,26,31)(H,29,32)(H,27,28,33). The van der Waals surface area contributed by atoms with Crippen molar-refractivity contribution in [1.29, 1.82) is 0 Å². The zero-order valence-electron chi connectivity index (χ0n) is 17.3. The van der Waals surface area contributed by atoms with Crippen molar-refractivity contribution in [3.05, 3.63) is 87.0 Å². The lowest BCUT2D eigenvalue weighted by atomic mass is 10.1. The average Bonchev–Trinajstić information content (AvgIpc) is 3.11. The second-order valence-corrected chi connectivity index (χ2v) is 8.59. The van der Waals surface area contributed by atoms with Crippen LogP contribution < -0.4 is 16.1 Å². The Morgan fingerprint density at radius 3 is 2.58 bits per heavy atom. The third-order valence-corrected chi connectivity index (χ3v) is 5.62. The van der Waals surface area contributed by atoms with Gasteiger partial charge in [-0.25, -0.2) is 5.43 Å². The van der Waals surface area contributed by atoms with Gasteiger partial charge in [-0.3, -0.25) is 14.4 Å². The average molecular weight is 554 g/mol. The summed E-state index contributed by atoms with van der Waals surface area (Å²) in [6.45, 7) is 0. The van der Waals surface area contributed by atoms with Gasteiger partial charge in [0.05, 0.1) is 5.69 Å². The highest BCUT2D eigenvalue weighted by Gasteiger charge is 2.26. The number of nitrogens with one attached hydrogen (secondary N) is 3. The van der Waals surface area contributed by atoms with Crippen molar-refractivity contribution in [3.63, 3.8) is 0 Å². The summed E-state index contributed by atoms with van der Waals surface area (Å²) in [5.74, 6) is -0.867. The number of benzene rings is 3. The lowest BCUT2D eigenvalue weighted by Gasteiger charge is -2.07. The van der Waals surface area contributed by atoms with Gasteiger partial charge in [-0.2, -0.15) is 5.10 Å². The Hall–Kier alpha value is -3.73. The molecular formula is C24H19IN4O4. The number of rotatable bonds is 6. The molecule has 0 saturated heterocycles. The second-order valence-electron chi connectivity index (χ2n) is 7.34. The second kappa shape index (κ2) is 9.82. The van der Waals surface area contributed by atoms with Crippen LogP contribution in [0.25, 0.3) is 0 Å². The van der Waals surface area contributed by atoms with Crippen LogP contribution >= 0.6 is 22.6 Å². The Morgan fingerprint density at radius 2 is 1.82 bits per heavy atom. The Morgan fingerprint density at radius 1 is 1.03 bits per heavy atom. The van der Waals surface area contributed by atoms with E-state index in [1.165, 1.54) is 0 Å². The number of fused-ring (bicyclic) bond motifs is 1. The number of phenols is 1. The predicted molar refractivity (Wildman–Crippen MR) is 133 cm³/mol. The van der Waals surface area contributed by atoms with E-state index in [2.05, 4.69) is 43.8 Å². The van der Waals surface area contributed by atoms with Crippen LogP contribution in [0.5, 0.6) is 5.75 Å². The number of hydrogen-bond donors (Lipinski definition) is 4. The molecule has 0 spiro atoms. The Labute approximate surface area is 203 Å². The molecule has 0 atom stereocenters. The number of carbonyl (C=O) groups excluding carboxylic acids is 3. The smallest absolute Gasteiger partial charge is 0.276 e. The Kier molecular flexibility index (Phi) is 6.68. The number of hydrazone groups is 1. The molecule has 0 unspecified atom stereocenters. The van der Waals surface area contributed by atoms with Gasteiger partial charge in [0.15, 0.2) is 5.71 Å². The molecule has 166 valence electrons. The highest BCUT2D eigenvalue weighted by atomic mass is 127. The van der Waals surface area contributed by atoms with Gasteiger partial charge in [0.1, 0.15) is 5.75 Å². The van der Waals surface area contributed by atoms with E-state index in [1.54, 1.807) is 48.5 Å². The predicted octanol–water partition coefficient (Wildman–Crippen LogP) is 3.65. The highest BCUT2D eigenvalue weighted by Crippen LogP contribution is 2.25. The molecule has 33 heavy (non-hydrogen) atoms. The van der Waals surface area contributed by atoms with Gasteiger partial charge in [0.25, 0.3) is 11.8 Å². The fourth-order valence-corrected chi connectivity index (χ4v) is 3.80. The maximum atomic E-state index is 12.4. The minimum Gasteiger partial charge on any atom is -0.508 e. The first-order chi connectivity index (χ1) is 15.9. The summed E-state index contributed by atoms with van der Waals surface area (Å²) in [6, 6.07) is 18.6. The van der Waals surface area contributed by atoms with Gasteiger partial charge in [-0.15, -0.1) is 0 Å². The van der Waals surface area contributed by atoms with Crippen LogP contribution in [0.1, 0.15) is 27.9 Å². The number of amides is 3. The summed E-state index contributed by atoms with van der Waals surface area (Å²) in [7, 11) is 0. The fourth-order valence-electron chi connectivity index (χ4n) is 3.31. The molecule has 0 aliphatic carbocycles. The molecule has 1 aliphatic rings. The van der Waals surface area contributed by atoms with Crippen LogP contribution in [0, 0.1) is 3.57 Å². The zero-order valence-corrected chi connectivity index (χ0v) is 19.4. The number of phenolic OH excluding ortho intramolecular Hbond substituents is 1. The van der Waals surface area contributed by atoms with Crippen LogP contribution in [0.2, 0.25) is 0 Å². The highest BCUT2D eigenvalue weighted by molar-refractivity contribution is 14.1. The molecule has 8 nitrogen and oxygen atoms in total. The van der Waals surface area contributed by atoms with E-state index in [4.69, 9.17) is 0 Å². The molecular weight excluding hydrogens is 535 g/mol. The molecule has 4 N–H and O–H groups in total. The normalized spacial score (nSPS) is 13.4. The maximum absolute atomic E-state index is 12.4. The molecule has 0 bridgehead atoms. The van der Waals surface area contributed by atoms with Crippen LogP contribution in [0.15, 0.2) is 71.8 Å². The Bertz CT molecular complexity index is 1270. The van der Waals surface area contributed by atoms with Gasteiger partial charge in [0, 0.05) is 26.8 Å². The monoisotopic (exact) mass is 554 g/mol. The molecule has 1 aliphatic heterocycles. The summed E-state index contributed by atoms with van der Waals surface area (Å²) < 4.78 is 0.946. The lowest BCUT2D eigenvalue weighted by Crippen LogP contribution is -2.23.